The lowest BCUT2D eigenvalue weighted by Crippen LogP contribution is -2.54. The summed E-state index contributed by atoms with van der Waals surface area (Å²) in [4.78, 5) is 39.2. The first-order chi connectivity index (χ1) is 15.3. The lowest BCUT2D eigenvalue weighted by atomic mass is 10.1. The smallest absolute Gasteiger partial charge is 0.336 e. The van der Waals surface area contributed by atoms with Gasteiger partial charge in [0, 0.05) is 0 Å². The highest BCUT2D eigenvalue weighted by molar-refractivity contribution is 14.1. The van der Waals surface area contributed by atoms with Gasteiger partial charge in [0.05, 0.1) is 29.1 Å². The number of hydrogen-bond acceptors (Lipinski definition) is 6. The summed E-state index contributed by atoms with van der Waals surface area (Å²) in [6.07, 6.45) is 1.36. The Hall–Kier alpha value is -3.08. The number of amides is 4. The van der Waals surface area contributed by atoms with Crippen LogP contribution in [0, 0.1) is 3.57 Å². The van der Waals surface area contributed by atoms with Crippen molar-refractivity contribution >= 4 is 52.2 Å². The number of nitrogens with one attached hydrogen (secondary N) is 1. The van der Waals surface area contributed by atoms with Gasteiger partial charge in [-0.1, -0.05) is 12.1 Å². The molecule has 1 saturated heterocycles. The van der Waals surface area contributed by atoms with Crippen LogP contribution >= 0.6 is 22.6 Å². The van der Waals surface area contributed by atoms with Gasteiger partial charge in [-0.25, -0.2) is 9.69 Å². The third kappa shape index (κ3) is 4.87. The summed E-state index contributed by atoms with van der Waals surface area (Å²) < 4.78 is 17.5. The average molecular weight is 550 g/mol. The zero-order valence-corrected chi connectivity index (χ0v) is 20.3. The summed E-state index contributed by atoms with van der Waals surface area (Å²) >= 11 is 2.10. The molecule has 0 radical (unpaired) electrons. The fraction of sp³-hybridized carbons (Fsp3) is 0.261. The second-order valence-electron chi connectivity index (χ2n) is 7.06. The third-order valence-corrected chi connectivity index (χ3v) is 5.23. The molecule has 0 spiro atoms. The number of urea groups is 1. The van der Waals surface area contributed by atoms with E-state index in [2.05, 4.69) is 27.9 Å². The SMILES string of the molecule is CCOc1ccccc1N1C(=O)NC(=O)/C(=C\c2cc(I)c(OC(C)C)c(OC)c2)C1=O. The van der Waals surface area contributed by atoms with E-state index in [0.717, 1.165) is 8.47 Å². The van der Waals surface area contributed by atoms with Crippen LogP contribution in [-0.2, 0) is 9.59 Å². The summed E-state index contributed by atoms with van der Waals surface area (Å²) in [5.74, 6) is -0.120. The minimum atomic E-state index is -0.836. The molecule has 0 bridgehead atoms. The molecule has 2 aromatic carbocycles. The number of ether oxygens (including phenoxy) is 3. The van der Waals surface area contributed by atoms with Gasteiger partial charge in [-0.05, 0) is 79.3 Å². The monoisotopic (exact) mass is 550 g/mol. The number of nitrogens with zero attached hydrogens (tertiary/aromatic N) is 1. The Kier molecular flexibility index (Phi) is 7.39. The van der Waals surface area contributed by atoms with Gasteiger partial charge in [0.1, 0.15) is 11.3 Å². The van der Waals surface area contributed by atoms with Crippen molar-refractivity contribution in [2.75, 3.05) is 18.6 Å². The molecule has 1 N–H and O–H groups in total. The number of carbonyl (C=O) groups is 3. The maximum atomic E-state index is 13.2. The molecule has 168 valence electrons. The van der Waals surface area contributed by atoms with Gasteiger partial charge in [0.15, 0.2) is 11.5 Å². The summed E-state index contributed by atoms with van der Waals surface area (Å²) in [7, 11) is 1.51. The molecule has 4 amide bonds. The Morgan fingerprint density at radius 2 is 1.84 bits per heavy atom. The van der Waals surface area contributed by atoms with Crippen LogP contribution in [-0.4, -0.2) is 37.7 Å². The summed E-state index contributed by atoms with van der Waals surface area (Å²) in [6, 6.07) is 9.25. The first kappa shape index (κ1) is 23.6. The minimum absolute atomic E-state index is 0.0581. The highest BCUT2D eigenvalue weighted by atomic mass is 127. The molecule has 1 aliphatic heterocycles. The minimum Gasteiger partial charge on any atom is -0.493 e. The lowest BCUT2D eigenvalue weighted by molar-refractivity contribution is -0.122. The van der Waals surface area contributed by atoms with Gasteiger partial charge in [-0.3, -0.25) is 14.9 Å². The van der Waals surface area contributed by atoms with Crippen molar-refractivity contribution in [2.45, 2.75) is 26.9 Å². The van der Waals surface area contributed by atoms with Crippen LogP contribution in [0.15, 0.2) is 42.0 Å². The van der Waals surface area contributed by atoms with Gasteiger partial charge in [-0.2, -0.15) is 0 Å². The van der Waals surface area contributed by atoms with E-state index in [9.17, 15) is 14.4 Å². The van der Waals surface area contributed by atoms with Crippen LogP contribution in [0.5, 0.6) is 17.2 Å². The molecular weight excluding hydrogens is 527 g/mol. The largest absolute Gasteiger partial charge is 0.493 e. The van der Waals surface area contributed by atoms with Crippen LogP contribution in [0.3, 0.4) is 0 Å². The van der Waals surface area contributed by atoms with Crippen LogP contribution in [0.2, 0.25) is 0 Å². The third-order valence-electron chi connectivity index (χ3n) is 4.42. The molecule has 2 aromatic rings. The van der Waals surface area contributed by atoms with Crippen molar-refractivity contribution < 1.29 is 28.6 Å². The van der Waals surface area contributed by atoms with Crippen molar-refractivity contribution in [3.63, 3.8) is 0 Å². The number of imide groups is 2. The number of methoxy groups -OCH3 is 1. The van der Waals surface area contributed by atoms with Gasteiger partial charge in [-0.15, -0.1) is 0 Å². The zero-order valence-electron chi connectivity index (χ0n) is 18.1. The number of hydrogen-bond donors (Lipinski definition) is 1. The quantitative estimate of drug-likeness (QED) is 0.316. The van der Waals surface area contributed by atoms with Gasteiger partial charge >= 0.3 is 6.03 Å². The number of anilines is 1. The maximum Gasteiger partial charge on any atom is 0.336 e. The summed E-state index contributed by atoms with van der Waals surface area (Å²) in [6.45, 7) is 5.96. The molecule has 9 heteroatoms. The normalized spacial score (nSPS) is 15.2. The predicted octanol–water partition coefficient (Wildman–Crippen LogP) is 4.15. The Bertz CT molecular complexity index is 1100. The second kappa shape index (κ2) is 10.0. The lowest BCUT2D eigenvalue weighted by Gasteiger charge is -2.27. The molecule has 0 saturated carbocycles. The molecule has 0 unspecified atom stereocenters. The van der Waals surface area contributed by atoms with E-state index in [1.54, 1.807) is 43.3 Å². The fourth-order valence-electron chi connectivity index (χ4n) is 3.14. The van der Waals surface area contributed by atoms with Crippen molar-refractivity contribution in [1.29, 1.82) is 0 Å². The van der Waals surface area contributed by atoms with E-state index in [-0.39, 0.29) is 17.4 Å². The van der Waals surface area contributed by atoms with Crippen LogP contribution in [0.4, 0.5) is 10.5 Å². The van der Waals surface area contributed by atoms with E-state index in [1.165, 1.54) is 13.2 Å². The highest BCUT2D eigenvalue weighted by Gasteiger charge is 2.38. The number of barbiturate groups is 1. The summed E-state index contributed by atoms with van der Waals surface area (Å²) in [5, 5.41) is 2.22. The number of halogens is 1. The molecule has 8 nitrogen and oxygen atoms in total. The highest BCUT2D eigenvalue weighted by Crippen LogP contribution is 2.36. The molecule has 0 aliphatic carbocycles. The Labute approximate surface area is 199 Å². The van der Waals surface area contributed by atoms with Crippen LogP contribution in [0.25, 0.3) is 6.08 Å². The molecule has 0 atom stereocenters. The fourth-order valence-corrected chi connectivity index (χ4v) is 3.89. The van der Waals surface area contributed by atoms with E-state index in [1.807, 2.05) is 13.8 Å². The average Bonchev–Trinajstić information content (AvgIpc) is 2.73. The zero-order chi connectivity index (χ0) is 23.4. The van der Waals surface area contributed by atoms with Crippen molar-refractivity contribution in [1.82, 2.24) is 5.32 Å². The van der Waals surface area contributed by atoms with Crippen molar-refractivity contribution in [3.8, 4) is 17.2 Å². The van der Waals surface area contributed by atoms with Crippen LogP contribution in [0.1, 0.15) is 26.3 Å². The van der Waals surface area contributed by atoms with E-state index in [0.29, 0.717) is 29.4 Å². The van der Waals surface area contributed by atoms with Gasteiger partial charge in [0.2, 0.25) is 0 Å². The maximum absolute atomic E-state index is 13.2. The first-order valence-corrected chi connectivity index (χ1v) is 11.0. The van der Waals surface area contributed by atoms with Gasteiger partial charge < -0.3 is 14.2 Å². The second-order valence-corrected chi connectivity index (χ2v) is 8.22. The molecule has 32 heavy (non-hydrogen) atoms. The van der Waals surface area contributed by atoms with Crippen molar-refractivity contribution in [2.24, 2.45) is 0 Å². The Morgan fingerprint density at radius 1 is 1.12 bits per heavy atom. The van der Waals surface area contributed by atoms with Gasteiger partial charge in [0.25, 0.3) is 11.8 Å². The molecule has 1 aliphatic rings. The predicted molar refractivity (Wildman–Crippen MR) is 128 cm³/mol. The standard InChI is InChI=1S/C23H23IN2O6/c1-5-31-18-9-7-6-8-17(18)26-22(28)15(21(27)25-23(26)29)10-14-11-16(24)20(32-13(2)3)19(12-14)30-4/h6-13H,5H2,1-4H3,(H,25,27,29)/b15-10+. The summed E-state index contributed by atoms with van der Waals surface area (Å²) in [5.41, 5.74) is 0.614. The Morgan fingerprint density at radius 3 is 2.50 bits per heavy atom. The molecule has 0 aromatic heterocycles. The number of carbonyl (C=O) groups excluding carboxylic acids is 3. The Balaban J connectivity index is 2.04. The van der Waals surface area contributed by atoms with Crippen molar-refractivity contribution in [3.05, 3.63) is 51.1 Å². The first-order valence-electron chi connectivity index (χ1n) is 9.94. The molecule has 1 heterocycles. The molecule has 1 fully saturated rings. The number of rotatable bonds is 7. The molecular formula is C23H23IN2O6. The number of benzene rings is 2. The van der Waals surface area contributed by atoms with Crippen LogP contribution < -0.4 is 24.4 Å². The topological polar surface area (TPSA) is 94.2 Å². The number of para-hydroxylation sites is 2. The van der Waals surface area contributed by atoms with E-state index >= 15 is 0 Å². The van der Waals surface area contributed by atoms with E-state index in [4.69, 9.17) is 14.2 Å². The van der Waals surface area contributed by atoms with E-state index < -0.39 is 17.8 Å². The molecule has 3 rings (SSSR count).